The molecule has 2 aliphatic rings. The standard InChI is InChI=1S/C53H40/c1-52(2)47-28-16-14-25-42(47)44-32-30-37(34-49(44)52)51(46-27-13-12-24-41(46)36-18-6-3-7-19-36)38-31-33-45-43-26-15-17-29-48(43)53(50(45)35-38,39-20-8-4-9-21-39)40-22-10-5-11-23-40/h3-35,51H,1-2H3. The molecule has 0 aromatic heterocycles. The van der Waals surface area contributed by atoms with Crippen LogP contribution in [0.1, 0.15) is 69.8 Å². The molecule has 0 heterocycles. The summed E-state index contributed by atoms with van der Waals surface area (Å²) >= 11 is 0. The van der Waals surface area contributed by atoms with E-state index in [0.717, 1.165) is 0 Å². The van der Waals surface area contributed by atoms with Crippen LogP contribution in [0.15, 0.2) is 200 Å². The van der Waals surface area contributed by atoms with Gasteiger partial charge in [-0.15, -0.1) is 0 Å². The van der Waals surface area contributed by atoms with Crippen molar-refractivity contribution in [2.75, 3.05) is 0 Å². The molecule has 0 bridgehead atoms. The van der Waals surface area contributed by atoms with Crippen LogP contribution in [0.4, 0.5) is 0 Å². The lowest BCUT2D eigenvalue weighted by Crippen LogP contribution is -2.28. The maximum absolute atomic E-state index is 2.55. The zero-order valence-corrected chi connectivity index (χ0v) is 30.1. The zero-order chi connectivity index (χ0) is 35.6. The van der Waals surface area contributed by atoms with E-state index in [2.05, 4.69) is 214 Å². The summed E-state index contributed by atoms with van der Waals surface area (Å²) in [6.07, 6.45) is 0. The zero-order valence-electron chi connectivity index (χ0n) is 30.1. The summed E-state index contributed by atoms with van der Waals surface area (Å²) in [5, 5.41) is 0. The van der Waals surface area contributed by atoms with E-state index in [1.807, 2.05) is 0 Å². The van der Waals surface area contributed by atoms with Crippen LogP contribution in [0, 0.1) is 0 Å². The van der Waals surface area contributed by atoms with Crippen molar-refractivity contribution < 1.29 is 0 Å². The lowest BCUT2D eigenvalue weighted by molar-refractivity contribution is 0.659. The van der Waals surface area contributed by atoms with Gasteiger partial charge < -0.3 is 0 Å². The van der Waals surface area contributed by atoms with Crippen molar-refractivity contribution in [2.24, 2.45) is 0 Å². The summed E-state index contributed by atoms with van der Waals surface area (Å²) in [5.74, 6) is -0.00511. The molecule has 0 saturated heterocycles. The Morgan fingerprint density at radius 2 is 0.774 bits per heavy atom. The van der Waals surface area contributed by atoms with Gasteiger partial charge >= 0.3 is 0 Å². The molecule has 53 heavy (non-hydrogen) atoms. The van der Waals surface area contributed by atoms with E-state index in [1.54, 1.807) is 0 Å². The molecule has 0 spiro atoms. The Morgan fingerprint density at radius 1 is 0.340 bits per heavy atom. The van der Waals surface area contributed by atoms with Crippen molar-refractivity contribution in [1.29, 1.82) is 0 Å². The van der Waals surface area contributed by atoms with Gasteiger partial charge in [-0.1, -0.05) is 214 Å². The molecule has 8 aromatic carbocycles. The molecule has 0 amide bonds. The minimum absolute atomic E-state index is 0.00511. The van der Waals surface area contributed by atoms with E-state index in [1.165, 1.54) is 83.5 Å². The fraction of sp³-hybridized carbons (Fsp3) is 0.0943. The van der Waals surface area contributed by atoms with Gasteiger partial charge in [-0.3, -0.25) is 0 Å². The second-order valence-corrected chi connectivity index (χ2v) is 15.2. The van der Waals surface area contributed by atoms with Gasteiger partial charge in [0.25, 0.3) is 0 Å². The summed E-state index contributed by atoms with van der Waals surface area (Å²) in [7, 11) is 0. The summed E-state index contributed by atoms with van der Waals surface area (Å²) in [6.45, 7) is 4.77. The Bertz CT molecular complexity index is 2590. The summed E-state index contributed by atoms with van der Waals surface area (Å²) in [6, 6.07) is 74.9. The Labute approximate surface area is 313 Å². The highest BCUT2D eigenvalue weighted by Crippen LogP contribution is 2.57. The van der Waals surface area contributed by atoms with Gasteiger partial charge in [0.2, 0.25) is 0 Å². The van der Waals surface area contributed by atoms with Crippen molar-refractivity contribution in [3.63, 3.8) is 0 Å². The molecule has 0 fully saturated rings. The minimum atomic E-state index is -0.463. The maximum Gasteiger partial charge on any atom is 0.0713 e. The average molecular weight is 677 g/mol. The van der Waals surface area contributed by atoms with Crippen LogP contribution in [0.2, 0.25) is 0 Å². The van der Waals surface area contributed by atoms with Crippen LogP contribution in [-0.2, 0) is 10.8 Å². The Morgan fingerprint density at radius 3 is 1.40 bits per heavy atom. The highest BCUT2D eigenvalue weighted by molar-refractivity contribution is 5.87. The van der Waals surface area contributed by atoms with Crippen LogP contribution < -0.4 is 0 Å². The SMILES string of the molecule is CC1(C)c2ccccc2-c2ccc(C(c3ccc4c(c3)C(c3ccccc3)(c3ccccc3)c3ccccc3-4)c3ccccc3-c3ccccc3)cc21. The number of hydrogen-bond donors (Lipinski definition) is 0. The molecule has 1 unspecified atom stereocenters. The van der Waals surface area contributed by atoms with Crippen molar-refractivity contribution >= 4 is 0 Å². The van der Waals surface area contributed by atoms with Gasteiger partial charge in [0, 0.05) is 11.3 Å². The third-order valence-electron chi connectivity index (χ3n) is 12.1. The normalized spacial score (nSPS) is 14.8. The highest BCUT2D eigenvalue weighted by Gasteiger charge is 2.46. The van der Waals surface area contributed by atoms with Crippen LogP contribution in [0.5, 0.6) is 0 Å². The van der Waals surface area contributed by atoms with E-state index in [9.17, 15) is 0 Å². The second-order valence-electron chi connectivity index (χ2n) is 15.2. The molecular weight excluding hydrogens is 637 g/mol. The van der Waals surface area contributed by atoms with Crippen molar-refractivity contribution in [3.8, 4) is 33.4 Å². The van der Waals surface area contributed by atoms with Gasteiger partial charge in [0.05, 0.1) is 5.41 Å². The Hall–Kier alpha value is -6.24. The molecule has 2 aliphatic carbocycles. The van der Waals surface area contributed by atoms with Crippen LogP contribution in [0.3, 0.4) is 0 Å². The monoisotopic (exact) mass is 676 g/mol. The first-order chi connectivity index (χ1) is 26.1. The molecule has 0 N–H and O–H groups in total. The maximum atomic E-state index is 2.55. The van der Waals surface area contributed by atoms with E-state index in [-0.39, 0.29) is 11.3 Å². The fourth-order valence-electron chi connectivity index (χ4n) is 9.72. The molecular formula is C53H40. The number of hydrogen-bond acceptors (Lipinski definition) is 0. The first-order valence-electron chi connectivity index (χ1n) is 18.8. The topological polar surface area (TPSA) is 0 Å². The molecule has 0 saturated carbocycles. The number of rotatable bonds is 6. The Kier molecular flexibility index (Phi) is 7.24. The highest BCUT2D eigenvalue weighted by atomic mass is 14.5. The summed E-state index contributed by atoms with van der Waals surface area (Å²) in [4.78, 5) is 0. The van der Waals surface area contributed by atoms with Gasteiger partial charge in [-0.05, 0) is 83.5 Å². The molecule has 0 radical (unpaired) electrons. The second kappa shape index (κ2) is 12.2. The Balaban J connectivity index is 1.26. The predicted octanol–water partition coefficient (Wildman–Crippen LogP) is 13.2. The number of fused-ring (bicyclic) bond motifs is 6. The summed E-state index contributed by atoms with van der Waals surface area (Å²) in [5.41, 5.74) is 19.2. The van der Waals surface area contributed by atoms with Gasteiger partial charge in [-0.25, -0.2) is 0 Å². The van der Waals surface area contributed by atoms with Gasteiger partial charge in [-0.2, -0.15) is 0 Å². The van der Waals surface area contributed by atoms with E-state index in [4.69, 9.17) is 0 Å². The smallest absolute Gasteiger partial charge is 0.0622 e. The molecule has 10 rings (SSSR count). The third-order valence-corrected chi connectivity index (χ3v) is 12.1. The lowest BCUT2D eigenvalue weighted by atomic mass is 9.67. The van der Waals surface area contributed by atoms with E-state index >= 15 is 0 Å². The summed E-state index contributed by atoms with van der Waals surface area (Å²) < 4.78 is 0. The molecule has 0 aliphatic heterocycles. The van der Waals surface area contributed by atoms with Crippen LogP contribution in [-0.4, -0.2) is 0 Å². The molecule has 0 nitrogen and oxygen atoms in total. The first-order valence-corrected chi connectivity index (χ1v) is 18.8. The van der Waals surface area contributed by atoms with Crippen molar-refractivity contribution in [2.45, 2.75) is 30.6 Å². The molecule has 0 heteroatoms. The van der Waals surface area contributed by atoms with Crippen molar-refractivity contribution in [3.05, 3.63) is 250 Å². The van der Waals surface area contributed by atoms with Gasteiger partial charge in [0.1, 0.15) is 0 Å². The largest absolute Gasteiger partial charge is 0.0713 e. The van der Waals surface area contributed by atoms with Crippen LogP contribution >= 0.6 is 0 Å². The van der Waals surface area contributed by atoms with Gasteiger partial charge in [0.15, 0.2) is 0 Å². The quantitative estimate of drug-likeness (QED) is 0.154. The lowest BCUT2D eigenvalue weighted by Gasteiger charge is -2.34. The molecule has 1 atom stereocenters. The first kappa shape index (κ1) is 31.5. The third kappa shape index (κ3) is 4.69. The minimum Gasteiger partial charge on any atom is -0.0622 e. The predicted molar refractivity (Wildman–Crippen MR) is 221 cm³/mol. The number of benzene rings is 8. The van der Waals surface area contributed by atoms with E-state index in [0.29, 0.717) is 0 Å². The van der Waals surface area contributed by atoms with Crippen LogP contribution in [0.25, 0.3) is 33.4 Å². The molecule has 8 aromatic rings. The van der Waals surface area contributed by atoms with Crippen molar-refractivity contribution in [1.82, 2.24) is 0 Å². The fourth-order valence-corrected chi connectivity index (χ4v) is 9.72. The van der Waals surface area contributed by atoms with E-state index < -0.39 is 5.41 Å². The molecule has 252 valence electrons. The average Bonchev–Trinajstić information content (AvgIpc) is 3.64.